The minimum absolute atomic E-state index is 0.0535. The third kappa shape index (κ3) is 4.00. The van der Waals surface area contributed by atoms with Crippen LogP contribution in [0.25, 0.3) is 0 Å². The van der Waals surface area contributed by atoms with Crippen LogP contribution in [0.15, 0.2) is 0 Å². The van der Waals surface area contributed by atoms with Gasteiger partial charge in [-0.2, -0.15) is 0 Å². The van der Waals surface area contributed by atoms with Crippen LogP contribution in [0.5, 0.6) is 0 Å². The molecule has 0 aromatic rings. The molecule has 16 heavy (non-hydrogen) atoms. The average Bonchev–Trinajstić information content (AvgIpc) is 2.76. The molecule has 0 spiro atoms. The number of urea groups is 1. The molecule has 4 nitrogen and oxygen atoms in total. The first-order chi connectivity index (χ1) is 7.72. The number of hydrogen-bond donors (Lipinski definition) is 3. The molecule has 2 amide bonds. The maximum atomic E-state index is 11.4. The molecule has 0 heterocycles. The van der Waals surface area contributed by atoms with Gasteiger partial charge in [0.15, 0.2) is 0 Å². The summed E-state index contributed by atoms with van der Waals surface area (Å²) in [5.74, 6) is 0. The zero-order valence-electron chi connectivity index (χ0n) is 10.2. The van der Waals surface area contributed by atoms with Crippen LogP contribution in [0.2, 0.25) is 0 Å². The fraction of sp³-hybridized carbons (Fsp3) is 0.917. The molecule has 0 radical (unpaired) electrons. The van der Waals surface area contributed by atoms with Crippen LogP contribution in [0.3, 0.4) is 0 Å². The SMILES string of the molecule is CCCCNC(=O)NCC1(CO)CCCC1. The lowest BCUT2D eigenvalue weighted by Crippen LogP contribution is -2.43. The van der Waals surface area contributed by atoms with Crippen LogP contribution < -0.4 is 10.6 Å². The van der Waals surface area contributed by atoms with E-state index in [4.69, 9.17) is 0 Å². The van der Waals surface area contributed by atoms with Gasteiger partial charge in [0.05, 0.1) is 6.61 Å². The smallest absolute Gasteiger partial charge is 0.314 e. The lowest BCUT2D eigenvalue weighted by atomic mass is 9.87. The van der Waals surface area contributed by atoms with Crippen molar-refractivity contribution in [1.82, 2.24) is 10.6 Å². The summed E-state index contributed by atoms with van der Waals surface area (Å²) in [5, 5.41) is 15.1. The van der Waals surface area contributed by atoms with Gasteiger partial charge in [0.1, 0.15) is 0 Å². The number of rotatable bonds is 6. The van der Waals surface area contributed by atoms with E-state index in [0.29, 0.717) is 6.54 Å². The van der Waals surface area contributed by atoms with Crippen molar-refractivity contribution in [1.29, 1.82) is 0 Å². The lowest BCUT2D eigenvalue weighted by Gasteiger charge is -2.26. The molecule has 0 aliphatic heterocycles. The van der Waals surface area contributed by atoms with Crippen molar-refractivity contribution in [3.05, 3.63) is 0 Å². The maximum absolute atomic E-state index is 11.4. The number of nitrogens with one attached hydrogen (secondary N) is 2. The first-order valence-corrected chi connectivity index (χ1v) is 6.35. The van der Waals surface area contributed by atoms with Gasteiger partial charge in [-0.15, -0.1) is 0 Å². The molecular formula is C12H24N2O2. The van der Waals surface area contributed by atoms with E-state index in [1.807, 2.05) is 0 Å². The van der Waals surface area contributed by atoms with Crippen molar-refractivity contribution >= 4 is 6.03 Å². The third-order valence-corrected chi connectivity index (χ3v) is 3.44. The number of carbonyl (C=O) groups is 1. The fourth-order valence-electron chi connectivity index (χ4n) is 2.22. The van der Waals surface area contributed by atoms with Crippen LogP contribution in [0.1, 0.15) is 45.4 Å². The van der Waals surface area contributed by atoms with Gasteiger partial charge in [-0.25, -0.2) is 4.79 Å². The van der Waals surface area contributed by atoms with Gasteiger partial charge in [0.2, 0.25) is 0 Å². The van der Waals surface area contributed by atoms with E-state index in [2.05, 4.69) is 17.6 Å². The van der Waals surface area contributed by atoms with E-state index in [0.717, 1.165) is 32.2 Å². The standard InChI is InChI=1S/C12H24N2O2/c1-2-3-8-13-11(16)14-9-12(10-15)6-4-5-7-12/h15H,2-10H2,1H3,(H2,13,14,16). The van der Waals surface area contributed by atoms with Crippen molar-refractivity contribution in [3.63, 3.8) is 0 Å². The van der Waals surface area contributed by atoms with Gasteiger partial charge < -0.3 is 15.7 Å². The highest BCUT2D eigenvalue weighted by molar-refractivity contribution is 5.73. The lowest BCUT2D eigenvalue weighted by molar-refractivity contribution is 0.129. The molecule has 1 aliphatic carbocycles. The summed E-state index contributed by atoms with van der Waals surface area (Å²) in [6.45, 7) is 3.61. The van der Waals surface area contributed by atoms with E-state index >= 15 is 0 Å². The van der Waals surface area contributed by atoms with Gasteiger partial charge in [0.25, 0.3) is 0 Å². The summed E-state index contributed by atoms with van der Waals surface area (Å²) >= 11 is 0. The summed E-state index contributed by atoms with van der Waals surface area (Å²) in [7, 11) is 0. The topological polar surface area (TPSA) is 61.4 Å². The second kappa shape index (κ2) is 6.74. The Hall–Kier alpha value is -0.770. The molecule has 1 fully saturated rings. The molecule has 0 atom stereocenters. The van der Waals surface area contributed by atoms with Crippen LogP contribution in [0, 0.1) is 5.41 Å². The third-order valence-electron chi connectivity index (χ3n) is 3.44. The molecule has 0 saturated heterocycles. The van der Waals surface area contributed by atoms with Crippen LogP contribution in [-0.4, -0.2) is 30.8 Å². The minimum atomic E-state index is -0.104. The molecular weight excluding hydrogens is 204 g/mol. The molecule has 1 saturated carbocycles. The average molecular weight is 228 g/mol. The van der Waals surface area contributed by atoms with E-state index in [1.165, 1.54) is 12.8 Å². The summed E-state index contributed by atoms with van der Waals surface area (Å²) < 4.78 is 0. The first kappa shape index (κ1) is 13.3. The maximum Gasteiger partial charge on any atom is 0.314 e. The molecule has 3 N–H and O–H groups in total. The van der Waals surface area contributed by atoms with Crippen molar-refractivity contribution in [2.24, 2.45) is 5.41 Å². The Morgan fingerprint density at radius 2 is 2.00 bits per heavy atom. The second-order valence-electron chi connectivity index (χ2n) is 4.83. The number of unbranched alkanes of at least 4 members (excludes halogenated alkanes) is 1. The highest BCUT2D eigenvalue weighted by Crippen LogP contribution is 2.36. The molecule has 0 bridgehead atoms. The largest absolute Gasteiger partial charge is 0.396 e. The monoisotopic (exact) mass is 228 g/mol. The Bertz CT molecular complexity index is 213. The Balaban J connectivity index is 2.19. The molecule has 4 heteroatoms. The quantitative estimate of drug-likeness (QED) is 0.605. The van der Waals surface area contributed by atoms with Crippen LogP contribution in [0.4, 0.5) is 4.79 Å². The zero-order valence-corrected chi connectivity index (χ0v) is 10.2. The summed E-state index contributed by atoms with van der Waals surface area (Å²) in [6.07, 6.45) is 6.48. The molecule has 1 rings (SSSR count). The Morgan fingerprint density at radius 3 is 2.56 bits per heavy atom. The Labute approximate surface area is 97.8 Å². The molecule has 0 unspecified atom stereocenters. The van der Waals surface area contributed by atoms with Crippen molar-refractivity contribution in [2.75, 3.05) is 19.7 Å². The second-order valence-corrected chi connectivity index (χ2v) is 4.83. The van der Waals surface area contributed by atoms with E-state index in [1.54, 1.807) is 0 Å². The molecule has 1 aliphatic rings. The van der Waals surface area contributed by atoms with Crippen LogP contribution >= 0.6 is 0 Å². The van der Waals surface area contributed by atoms with Crippen LogP contribution in [-0.2, 0) is 0 Å². The van der Waals surface area contributed by atoms with Gasteiger partial charge >= 0.3 is 6.03 Å². The van der Waals surface area contributed by atoms with Gasteiger partial charge in [0, 0.05) is 18.5 Å². The van der Waals surface area contributed by atoms with Gasteiger partial charge in [-0.1, -0.05) is 26.2 Å². The normalized spacial score (nSPS) is 18.4. The molecule has 0 aromatic carbocycles. The predicted molar refractivity (Wildman–Crippen MR) is 64.3 cm³/mol. The number of aliphatic hydroxyl groups excluding tert-OH is 1. The highest BCUT2D eigenvalue weighted by atomic mass is 16.3. The fourth-order valence-corrected chi connectivity index (χ4v) is 2.22. The number of hydrogen-bond acceptors (Lipinski definition) is 2. The van der Waals surface area contributed by atoms with Crippen molar-refractivity contribution < 1.29 is 9.90 Å². The summed E-state index contributed by atoms with van der Waals surface area (Å²) in [6, 6.07) is -0.104. The minimum Gasteiger partial charge on any atom is -0.396 e. The van der Waals surface area contributed by atoms with Crippen molar-refractivity contribution in [2.45, 2.75) is 45.4 Å². The van der Waals surface area contributed by atoms with Gasteiger partial charge in [-0.05, 0) is 19.3 Å². The summed E-state index contributed by atoms with van der Waals surface area (Å²) in [4.78, 5) is 11.4. The zero-order chi connectivity index (χ0) is 11.9. The number of carbonyl (C=O) groups excluding carboxylic acids is 1. The molecule has 94 valence electrons. The van der Waals surface area contributed by atoms with Crippen molar-refractivity contribution in [3.8, 4) is 0 Å². The highest BCUT2D eigenvalue weighted by Gasteiger charge is 2.33. The van der Waals surface area contributed by atoms with E-state index in [9.17, 15) is 9.90 Å². The van der Waals surface area contributed by atoms with Gasteiger partial charge in [-0.3, -0.25) is 0 Å². The first-order valence-electron chi connectivity index (χ1n) is 6.35. The molecule has 0 aromatic heterocycles. The number of aliphatic hydroxyl groups is 1. The van der Waals surface area contributed by atoms with E-state index < -0.39 is 0 Å². The Kier molecular flexibility index (Phi) is 5.60. The van der Waals surface area contributed by atoms with E-state index in [-0.39, 0.29) is 18.1 Å². The number of amides is 2. The predicted octanol–water partition coefficient (Wildman–Crippen LogP) is 1.64. The Morgan fingerprint density at radius 1 is 1.31 bits per heavy atom. The summed E-state index contributed by atoms with van der Waals surface area (Å²) in [5.41, 5.74) is -0.0535.